The van der Waals surface area contributed by atoms with Crippen LogP contribution in [-0.2, 0) is 9.84 Å². The molecule has 1 saturated heterocycles. The molecule has 7 heteroatoms. The van der Waals surface area contributed by atoms with Gasteiger partial charge in [0.25, 0.3) is 5.91 Å². The highest BCUT2D eigenvalue weighted by molar-refractivity contribution is 7.91. The maximum atomic E-state index is 13.4. The fraction of sp³-hybridized carbons (Fsp3) is 0.400. The van der Waals surface area contributed by atoms with Crippen LogP contribution in [0.25, 0.3) is 10.9 Å². The maximum Gasteiger partial charge on any atom is 0.256 e. The zero-order valence-corrected chi connectivity index (χ0v) is 13.0. The van der Waals surface area contributed by atoms with E-state index < -0.39 is 15.7 Å². The van der Waals surface area contributed by atoms with E-state index in [0.29, 0.717) is 29.4 Å². The van der Waals surface area contributed by atoms with Gasteiger partial charge >= 0.3 is 0 Å². The Morgan fingerprint density at radius 3 is 2.86 bits per heavy atom. The molecule has 2 heterocycles. The van der Waals surface area contributed by atoms with Crippen LogP contribution in [0.5, 0.6) is 0 Å². The maximum absolute atomic E-state index is 13.4. The third-order valence-corrected chi connectivity index (χ3v) is 5.88. The Bertz CT molecular complexity index is 828. The molecule has 0 radical (unpaired) electrons. The number of carbonyl (C=O) groups is 1. The number of hydrogen-bond acceptors (Lipinski definition) is 3. The highest BCUT2D eigenvalue weighted by Crippen LogP contribution is 2.24. The zero-order chi connectivity index (χ0) is 15.9. The van der Waals surface area contributed by atoms with E-state index in [1.165, 1.54) is 12.1 Å². The summed E-state index contributed by atoms with van der Waals surface area (Å²) >= 11 is 0. The van der Waals surface area contributed by atoms with Gasteiger partial charge in [-0.2, -0.15) is 0 Å². The number of H-pyrrole nitrogens is 1. The van der Waals surface area contributed by atoms with Crippen molar-refractivity contribution >= 4 is 26.6 Å². The number of hydrogen-bond donors (Lipinski definition) is 1. The van der Waals surface area contributed by atoms with Crippen LogP contribution in [0.1, 0.15) is 23.7 Å². The number of amides is 1. The molecule has 0 bridgehead atoms. The van der Waals surface area contributed by atoms with Gasteiger partial charge in [0.05, 0.1) is 17.1 Å². The lowest BCUT2D eigenvalue weighted by Gasteiger charge is -2.26. The Morgan fingerprint density at radius 1 is 1.45 bits per heavy atom. The third-order valence-electron chi connectivity index (χ3n) is 4.12. The number of aromatic amines is 1. The molecule has 1 aliphatic rings. The molecule has 1 fully saturated rings. The van der Waals surface area contributed by atoms with Gasteiger partial charge in [0.2, 0.25) is 0 Å². The quantitative estimate of drug-likeness (QED) is 0.938. The molecule has 22 heavy (non-hydrogen) atoms. The molecular formula is C15H17FN2O3S. The van der Waals surface area contributed by atoms with Gasteiger partial charge in [-0.15, -0.1) is 0 Å². The van der Waals surface area contributed by atoms with E-state index in [0.717, 1.165) is 0 Å². The van der Waals surface area contributed by atoms with Crippen molar-refractivity contribution in [1.82, 2.24) is 9.88 Å². The van der Waals surface area contributed by atoms with E-state index in [4.69, 9.17) is 0 Å². The van der Waals surface area contributed by atoms with E-state index >= 15 is 0 Å². The fourth-order valence-corrected chi connectivity index (χ4v) is 4.74. The van der Waals surface area contributed by atoms with Gasteiger partial charge in [0.15, 0.2) is 9.84 Å². The average Bonchev–Trinajstić information content (AvgIpc) is 3.02. The minimum absolute atomic E-state index is 0.00327. The van der Waals surface area contributed by atoms with Crippen molar-refractivity contribution in [2.75, 3.05) is 18.1 Å². The second-order valence-electron chi connectivity index (χ2n) is 5.54. The van der Waals surface area contributed by atoms with E-state index in [2.05, 4.69) is 4.98 Å². The van der Waals surface area contributed by atoms with Gasteiger partial charge in [-0.1, -0.05) is 0 Å². The van der Waals surface area contributed by atoms with Gasteiger partial charge in [-0.3, -0.25) is 4.79 Å². The fourth-order valence-electron chi connectivity index (χ4n) is 3.01. The van der Waals surface area contributed by atoms with Crippen molar-refractivity contribution in [3.8, 4) is 0 Å². The number of benzene rings is 1. The van der Waals surface area contributed by atoms with Crippen LogP contribution in [0.3, 0.4) is 0 Å². The molecule has 1 N–H and O–H groups in total. The number of nitrogens with zero attached hydrogens (tertiary/aromatic N) is 1. The van der Waals surface area contributed by atoms with Crippen LogP contribution in [0.2, 0.25) is 0 Å². The molecule has 0 spiro atoms. The minimum atomic E-state index is -3.06. The summed E-state index contributed by atoms with van der Waals surface area (Å²) in [5.41, 5.74) is 1.06. The summed E-state index contributed by atoms with van der Waals surface area (Å²) < 4.78 is 36.7. The summed E-state index contributed by atoms with van der Waals surface area (Å²) in [5.74, 6) is -0.554. The van der Waals surface area contributed by atoms with Gasteiger partial charge < -0.3 is 9.88 Å². The molecule has 1 aromatic heterocycles. The number of rotatable bonds is 3. The smallest absolute Gasteiger partial charge is 0.256 e. The van der Waals surface area contributed by atoms with Crippen LogP contribution in [0, 0.1) is 5.82 Å². The lowest BCUT2D eigenvalue weighted by Crippen LogP contribution is -2.40. The molecule has 1 aromatic carbocycles. The van der Waals surface area contributed by atoms with Gasteiger partial charge in [-0.05, 0) is 31.5 Å². The number of nitrogens with one attached hydrogen (secondary N) is 1. The summed E-state index contributed by atoms with van der Waals surface area (Å²) in [7, 11) is -3.06. The summed E-state index contributed by atoms with van der Waals surface area (Å²) in [6.45, 7) is 2.24. The number of aromatic nitrogens is 1. The Balaban J connectivity index is 1.95. The first-order chi connectivity index (χ1) is 10.4. The molecule has 1 unspecified atom stereocenters. The number of carbonyl (C=O) groups excluding carboxylic acids is 1. The van der Waals surface area contributed by atoms with Crippen molar-refractivity contribution in [3.63, 3.8) is 0 Å². The first-order valence-corrected chi connectivity index (χ1v) is 9.01. The Hall–Kier alpha value is -1.89. The molecular weight excluding hydrogens is 307 g/mol. The van der Waals surface area contributed by atoms with Crippen LogP contribution in [0.4, 0.5) is 4.39 Å². The number of halogens is 1. The molecule has 1 amide bonds. The van der Waals surface area contributed by atoms with E-state index in [9.17, 15) is 17.6 Å². The first-order valence-electron chi connectivity index (χ1n) is 7.19. The van der Waals surface area contributed by atoms with Crippen molar-refractivity contribution in [1.29, 1.82) is 0 Å². The predicted octanol–water partition coefficient (Wildman–Crippen LogP) is 1.96. The molecule has 3 rings (SSSR count). The monoisotopic (exact) mass is 324 g/mol. The van der Waals surface area contributed by atoms with E-state index in [-0.39, 0.29) is 23.5 Å². The second kappa shape index (κ2) is 5.39. The van der Waals surface area contributed by atoms with E-state index in [1.807, 2.05) is 6.92 Å². The van der Waals surface area contributed by atoms with E-state index in [1.54, 1.807) is 17.2 Å². The Morgan fingerprint density at radius 2 is 2.23 bits per heavy atom. The van der Waals surface area contributed by atoms with Crippen molar-refractivity contribution in [2.45, 2.75) is 19.4 Å². The molecule has 118 valence electrons. The summed E-state index contributed by atoms with van der Waals surface area (Å²) in [6, 6.07) is 3.92. The minimum Gasteiger partial charge on any atom is -0.360 e. The molecule has 0 saturated carbocycles. The third kappa shape index (κ3) is 2.61. The Labute approximate surface area is 128 Å². The van der Waals surface area contributed by atoms with Gasteiger partial charge in [0.1, 0.15) is 5.82 Å². The summed E-state index contributed by atoms with van der Waals surface area (Å²) in [4.78, 5) is 17.3. The lowest BCUT2D eigenvalue weighted by atomic mass is 10.1. The molecule has 0 aliphatic carbocycles. The van der Waals surface area contributed by atoms with Crippen LogP contribution < -0.4 is 0 Å². The molecule has 5 nitrogen and oxygen atoms in total. The normalized spacial score (nSPS) is 20.4. The van der Waals surface area contributed by atoms with Gasteiger partial charge in [-0.25, -0.2) is 12.8 Å². The Kier molecular flexibility index (Phi) is 3.68. The lowest BCUT2D eigenvalue weighted by molar-refractivity contribution is 0.0710. The zero-order valence-electron chi connectivity index (χ0n) is 12.2. The van der Waals surface area contributed by atoms with Crippen LogP contribution in [0.15, 0.2) is 24.4 Å². The van der Waals surface area contributed by atoms with Crippen molar-refractivity contribution in [2.24, 2.45) is 0 Å². The predicted molar refractivity (Wildman–Crippen MR) is 82.0 cm³/mol. The molecule has 1 aliphatic heterocycles. The highest BCUT2D eigenvalue weighted by atomic mass is 32.2. The highest BCUT2D eigenvalue weighted by Gasteiger charge is 2.34. The topological polar surface area (TPSA) is 70.2 Å². The average molecular weight is 324 g/mol. The van der Waals surface area contributed by atoms with Crippen molar-refractivity contribution in [3.05, 3.63) is 35.8 Å². The SMILES string of the molecule is CCN(C(=O)c1c[nH]c2ccc(F)cc12)C1CCS(=O)(=O)C1. The number of sulfone groups is 1. The second-order valence-corrected chi connectivity index (χ2v) is 7.77. The van der Waals surface area contributed by atoms with Crippen LogP contribution >= 0.6 is 0 Å². The van der Waals surface area contributed by atoms with Gasteiger partial charge in [0, 0.05) is 29.7 Å². The summed E-state index contributed by atoms with van der Waals surface area (Å²) in [5, 5.41) is 0.518. The first kappa shape index (κ1) is 15.0. The van der Waals surface area contributed by atoms with Crippen molar-refractivity contribution < 1.29 is 17.6 Å². The standard InChI is InChI=1S/C15H17FN2O3S/c1-2-18(11-5-6-22(20,21)9-11)15(19)13-8-17-14-4-3-10(16)7-12(13)14/h3-4,7-8,11,17H,2,5-6,9H2,1H3. The molecule has 1 atom stereocenters. The number of fused-ring (bicyclic) bond motifs is 1. The van der Waals surface area contributed by atoms with Crippen LogP contribution in [-0.4, -0.2) is 48.3 Å². The largest absolute Gasteiger partial charge is 0.360 e. The molecule has 2 aromatic rings. The summed E-state index contributed by atoms with van der Waals surface area (Å²) in [6.07, 6.45) is 2.01.